The predicted octanol–water partition coefficient (Wildman–Crippen LogP) is 4.43. The van der Waals surface area contributed by atoms with Crippen molar-refractivity contribution >= 4 is 0 Å². The first-order chi connectivity index (χ1) is 9.72. The molecule has 0 atom stereocenters. The first-order valence-corrected chi connectivity index (χ1v) is 6.68. The molecule has 20 heavy (non-hydrogen) atoms. The molecular formula is C18H16N2. The maximum atomic E-state index is 4.39. The Morgan fingerprint density at radius 3 is 2.00 bits per heavy atom. The van der Waals surface area contributed by atoms with Gasteiger partial charge in [0.1, 0.15) is 0 Å². The van der Waals surface area contributed by atoms with E-state index in [1.54, 1.807) is 0 Å². The molecule has 2 heteroatoms. The highest BCUT2D eigenvalue weighted by molar-refractivity contribution is 5.70. The van der Waals surface area contributed by atoms with E-state index in [-0.39, 0.29) is 0 Å². The molecule has 1 aromatic heterocycles. The Labute approximate surface area is 119 Å². The van der Waals surface area contributed by atoms with Crippen LogP contribution in [0.2, 0.25) is 0 Å². The molecule has 0 saturated heterocycles. The van der Waals surface area contributed by atoms with Crippen LogP contribution >= 0.6 is 0 Å². The van der Waals surface area contributed by atoms with Crippen molar-refractivity contribution in [1.82, 2.24) is 9.97 Å². The van der Waals surface area contributed by atoms with Gasteiger partial charge in [-0.15, -0.1) is 0 Å². The lowest BCUT2D eigenvalue weighted by molar-refractivity contribution is 1.14. The summed E-state index contributed by atoms with van der Waals surface area (Å²) in [6, 6.07) is 16.9. The number of aryl methyl sites for hydroxylation is 2. The summed E-state index contributed by atoms with van der Waals surface area (Å²) in [5, 5.41) is 0. The molecule has 0 amide bonds. The van der Waals surface area contributed by atoms with Crippen LogP contribution in [-0.4, -0.2) is 9.97 Å². The quantitative estimate of drug-likeness (QED) is 0.681. The van der Waals surface area contributed by atoms with Gasteiger partial charge in [0.25, 0.3) is 0 Å². The summed E-state index contributed by atoms with van der Waals surface area (Å²) >= 11 is 0. The van der Waals surface area contributed by atoms with E-state index in [0.717, 1.165) is 17.0 Å². The lowest BCUT2D eigenvalue weighted by Crippen LogP contribution is -1.89. The molecule has 3 aromatic rings. The first kappa shape index (κ1) is 12.5. The zero-order valence-electron chi connectivity index (χ0n) is 11.7. The highest BCUT2D eigenvalue weighted by Crippen LogP contribution is 2.24. The van der Waals surface area contributed by atoms with Crippen molar-refractivity contribution in [2.45, 2.75) is 13.8 Å². The minimum absolute atomic E-state index is 0.768. The molecule has 0 unspecified atom stereocenters. The third-order valence-electron chi connectivity index (χ3n) is 3.29. The second kappa shape index (κ2) is 5.25. The van der Waals surface area contributed by atoms with Crippen LogP contribution in [0.1, 0.15) is 11.1 Å². The number of benzene rings is 2. The van der Waals surface area contributed by atoms with Crippen LogP contribution in [0.25, 0.3) is 22.5 Å². The Bertz CT molecular complexity index is 652. The average Bonchev–Trinajstić information content (AvgIpc) is 2.49. The standard InChI is InChI=1S/C18H16N2/c1-13-6-8-15(9-7-13)16-4-3-5-17(10-16)18-19-11-14(2)12-20-18/h3-12H,1-2H3. The zero-order chi connectivity index (χ0) is 13.9. The van der Waals surface area contributed by atoms with Crippen LogP contribution in [-0.2, 0) is 0 Å². The highest BCUT2D eigenvalue weighted by atomic mass is 14.9. The number of rotatable bonds is 2. The van der Waals surface area contributed by atoms with Crippen LogP contribution in [0.4, 0.5) is 0 Å². The molecule has 0 spiro atoms. The third kappa shape index (κ3) is 2.59. The fourth-order valence-corrected chi connectivity index (χ4v) is 2.13. The van der Waals surface area contributed by atoms with Gasteiger partial charge in [-0.3, -0.25) is 0 Å². The molecule has 3 rings (SSSR count). The molecular weight excluding hydrogens is 244 g/mol. The zero-order valence-corrected chi connectivity index (χ0v) is 11.7. The monoisotopic (exact) mass is 260 g/mol. The second-order valence-electron chi connectivity index (χ2n) is 5.03. The number of hydrogen-bond donors (Lipinski definition) is 0. The third-order valence-corrected chi connectivity index (χ3v) is 3.29. The van der Waals surface area contributed by atoms with Crippen molar-refractivity contribution in [2.24, 2.45) is 0 Å². The van der Waals surface area contributed by atoms with E-state index in [9.17, 15) is 0 Å². The average molecular weight is 260 g/mol. The van der Waals surface area contributed by atoms with Crippen molar-refractivity contribution in [3.8, 4) is 22.5 Å². The van der Waals surface area contributed by atoms with Crippen molar-refractivity contribution in [3.63, 3.8) is 0 Å². The topological polar surface area (TPSA) is 25.8 Å². The van der Waals surface area contributed by atoms with Gasteiger partial charge in [0.15, 0.2) is 5.82 Å². The highest BCUT2D eigenvalue weighted by Gasteiger charge is 2.03. The van der Waals surface area contributed by atoms with E-state index in [4.69, 9.17) is 0 Å². The molecule has 0 aliphatic rings. The van der Waals surface area contributed by atoms with Gasteiger partial charge in [0, 0.05) is 18.0 Å². The van der Waals surface area contributed by atoms with E-state index in [1.165, 1.54) is 16.7 Å². The smallest absolute Gasteiger partial charge is 0.159 e. The fourth-order valence-electron chi connectivity index (χ4n) is 2.13. The molecule has 0 aliphatic heterocycles. The van der Waals surface area contributed by atoms with E-state index in [1.807, 2.05) is 31.5 Å². The largest absolute Gasteiger partial charge is 0.236 e. The van der Waals surface area contributed by atoms with Gasteiger partial charge in [-0.1, -0.05) is 48.0 Å². The van der Waals surface area contributed by atoms with E-state index < -0.39 is 0 Å². The normalized spacial score (nSPS) is 10.5. The minimum atomic E-state index is 0.768. The Balaban J connectivity index is 2.01. The van der Waals surface area contributed by atoms with Gasteiger partial charge >= 0.3 is 0 Å². The molecule has 0 fully saturated rings. The number of hydrogen-bond acceptors (Lipinski definition) is 2. The molecule has 2 nitrogen and oxygen atoms in total. The molecule has 2 aromatic carbocycles. The summed E-state index contributed by atoms with van der Waals surface area (Å²) in [6.07, 6.45) is 3.70. The van der Waals surface area contributed by atoms with Gasteiger partial charge in [-0.05, 0) is 36.6 Å². The van der Waals surface area contributed by atoms with Crippen LogP contribution in [0.15, 0.2) is 60.9 Å². The van der Waals surface area contributed by atoms with Crippen molar-refractivity contribution in [1.29, 1.82) is 0 Å². The van der Waals surface area contributed by atoms with Crippen molar-refractivity contribution in [2.75, 3.05) is 0 Å². The summed E-state index contributed by atoms with van der Waals surface area (Å²) < 4.78 is 0. The van der Waals surface area contributed by atoms with E-state index >= 15 is 0 Å². The molecule has 0 saturated carbocycles. The van der Waals surface area contributed by atoms with Crippen molar-refractivity contribution in [3.05, 3.63) is 72.1 Å². The Kier molecular flexibility index (Phi) is 3.30. The van der Waals surface area contributed by atoms with Gasteiger partial charge in [0.05, 0.1) is 0 Å². The van der Waals surface area contributed by atoms with Crippen LogP contribution in [0.5, 0.6) is 0 Å². The number of aromatic nitrogens is 2. The van der Waals surface area contributed by atoms with E-state index in [0.29, 0.717) is 0 Å². The minimum Gasteiger partial charge on any atom is -0.236 e. The summed E-state index contributed by atoms with van der Waals surface area (Å²) in [5.41, 5.74) is 5.79. The number of nitrogens with zero attached hydrogens (tertiary/aromatic N) is 2. The van der Waals surface area contributed by atoms with Crippen LogP contribution in [0, 0.1) is 13.8 Å². The fraction of sp³-hybridized carbons (Fsp3) is 0.111. The SMILES string of the molecule is Cc1ccc(-c2cccc(-c3ncc(C)cn3)c2)cc1. The van der Waals surface area contributed by atoms with Crippen molar-refractivity contribution < 1.29 is 0 Å². The lowest BCUT2D eigenvalue weighted by Gasteiger charge is -2.05. The molecule has 1 heterocycles. The predicted molar refractivity (Wildman–Crippen MR) is 82.4 cm³/mol. The first-order valence-electron chi connectivity index (χ1n) is 6.68. The van der Waals surface area contributed by atoms with Gasteiger partial charge in [-0.25, -0.2) is 9.97 Å². The molecule has 98 valence electrons. The Morgan fingerprint density at radius 1 is 0.650 bits per heavy atom. The van der Waals surface area contributed by atoms with Gasteiger partial charge < -0.3 is 0 Å². The lowest BCUT2D eigenvalue weighted by atomic mass is 10.0. The molecule has 0 bridgehead atoms. The summed E-state index contributed by atoms with van der Waals surface area (Å²) in [7, 11) is 0. The van der Waals surface area contributed by atoms with Gasteiger partial charge in [0.2, 0.25) is 0 Å². The second-order valence-corrected chi connectivity index (χ2v) is 5.03. The molecule has 0 N–H and O–H groups in total. The van der Waals surface area contributed by atoms with E-state index in [2.05, 4.69) is 53.3 Å². The van der Waals surface area contributed by atoms with Crippen LogP contribution in [0.3, 0.4) is 0 Å². The maximum Gasteiger partial charge on any atom is 0.159 e. The van der Waals surface area contributed by atoms with Crippen LogP contribution < -0.4 is 0 Å². The summed E-state index contributed by atoms with van der Waals surface area (Å²) in [6.45, 7) is 4.09. The summed E-state index contributed by atoms with van der Waals surface area (Å²) in [5.74, 6) is 0.768. The summed E-state index contributed by atoms with van der Waals surface area (Å²) in [4.78, 5) is 8.77. The molecule has 0 radical (unpaired) electrons. The maximum absolute atomic E-state index is 4.39. The Hall–Kier alpha value is -2.48. The molecule has 0 aliphatic carbocycles. The Morgan fingerprint density at radius 2 is 1.30 bits per heavy atom. The van der Waals surface area contributed by atoms with Gasteiger partial charge in [-0.2, -0.15) is 0 Å².